The molecule has 0 fully saturated rings. The summed E-state index contributed by atoms with van der Waals surface area (Å²) < 4.78 is 56.7. The highest BCUT2D eigenvalue weighted by atomic mass is 32.2. The van der Waals surface area contributed by atoms with Gasteiger partial charge < -0.3 is 4.74 Å². The highest BCUT2D eigenvalue weighted by molar-refractivity contribution is 7.98. The fourth-order valence-corrected chi connectivity index (χ4v) is 4.93. The summed E-state index contributed by atoms with van der Waals surface area (Å²) in [6.45, 7) is 0. The lowest BCUT2D eigenvalue weighted by atomic mass is 10.1. The second-order valence-electron chi connectivity index (χ2n) is 5.28. The van der Waals surface area contributed by atoms with Crippen molar-refractivity contribution in [3.63, 3.8) is 0 Å². The maximum absolute atomic E-state index is 13.6. The number of carbonyl (C=O) groups is 1. The third kappa shape index (κ3) is 4.88. The number of benzene rings is 1. The minimum absolute atomic E-state index is 0.0818. The van der Waals surface area contributed by atoms with Crippen molar-refractivity contribution in [1.82, 2.24) is 4.98 Å². The van der Waals surface area contributed by atoms with Crippen LogP contribution in [0.2, 0.25) is 0 Å². The van der Waals surface area contributed by atoms with Crippen LogP contribution in [0.1, 0.15) is 20.2 Å². The molecule has 10 heteroatoms. The Morgan fingerprint density at radius 2 is 1.96 bits per heavy atom. The highest BCUT2D eigenvalue weighted by Gasteiger charge is 2.31. The lowest BCUT2D eigenvalue weighted by molar-refractivity contribution is -0.137. The number of alkyl halides is 3. The van der Waals surface area contributed by atoms with Crippen LogP contribution in [-0.2, 0) is 16.7 Å². The molecule has 2 aromatic heterocycles. The molecule has 142 valence electrons. The Kier molecular flexibility index (Phi) is 5.87. The van der Waals surface area contributed by atoms with Crippen LogP contribution in [0.5, 0.6) is 0 Å². The molecule has 27 heavy (non-hydrogen) atoms. The zero-order chi connectivity index (χ0) is 19.6. The fraction of sp³-hybridized carbons (Fsp3) is 0.176. The zero-order valence-electron chi connectivity index (χ0n) is 13.7. The topological polar surface area (TPSA) is 39.2 Å². The van der Waals surface area contributed by atoms with Crippen LogP contribution in [0, 0.1) is 5.82 Å². The molecule has 0 amide bonds. The van der Waals surface area contributed by atoms with Crippen molar-refractivity contribution in [3.8, 4) is 11.3 Å². The smallest absolute Gasteiger partial charge is 0.416 e. The van der Waals surface area contributed by atoms with Crippen molar-refractivity contribution in [2.75, 3.05) is 7.11 Å². The number of halogens is 4. The second kappa shape index (κ2) is 7.99. The van der Waals surface area contributed by atoms with E-state index >= 15 is 0 Å². The van der Waals surface area contributed by atoms with Gasteiger partial charge in [-0.2, -0.15) is 13.2 Å². The first-order chi connectivity index (χ1) is 12.8. The number of nitrogens with zero attached hydrogens (tertiary/aromatic N) is 1. The molecule has 0 saturated heterocycles. The average Bonchev–Trinajstić information content (AvgIpc) is 3.27. The second-order valence-corrected chi connectivity index (χ2v) is 8.18. The van der Waals surface area contributed by atoms with Gasteiger partial charge in [-0.1, -0.05) is 0 Å². The number of carbonyl (C=O) groups excluding carboxylic acids is 1. The summed E-state index contributed by atoms with van der Waals surface area (Å²) in [5.41, 5.74) is -0.672. The largest absolute Gasteiger partial charge is 0.465 e. The molecule has 0 unspecified atom stereocenters. The van der Waals surface area contributed by atoms with Gasteiger partial charge in [0.05, 0.1) is 24.1 Å². The quantitative estimate of drug-likeness (QED) is 0.277. The van der Waals surface area contributed by atoms with Gasteiger partial charge in [0.15, 0.2) is 0 Å². The predicted octanol–water partition coefficient (Wildman–Crippen LogP) is 6.11. The Bertz CT molecular complexity index is 965. The number of hydrogen-bond acceptors (Lipinski definition) is 6. The summed E-state index contributed by atoms with van der Waals surface area (Å²) in [4.78, 5) is 17.1. The first kappa shape index (κ1) is 19.8. The molecule has 0 saturated carbocycles. The molecule has 3 nitrogen and oxygen atoms in total. The van der Waals surface area contributed by atoms with Crippen molar-refractivity contribution < 1.29 is 27.1 Å². The number of hydrogen-bond donors (Lipinski definition) is 0. The van der Waals surface area contributed by atoms with Gasteiger partial charge in [0.2, 0.25) is 0 Å². The Balaban J connectivity index is 1.73. The zero-order valence-corrected chi connectivity index (χ0v) is 16.1. The van der Waals surface area contributed by atoms with E-state index in [0.29, 0.717) is 27.4 Å². The summed E-state index contributed by atoms with van der Waals surface area (Å²) in [5, 5.41) is 4.09. The van der Waals surface area contributed by atoms with Crippen molar-refractivity contribution in [1.29, 1.82) is 0 Å². The van der Waals surface area contributed by atoms with E-state index in [2.05, 4.69) is 9.72 Å². The van der Waals surface area contributed by atoms with Crippen LogP contribution >= 0.6 is 34.4 Å². The van der Waals surface area contributed by atoms with Crippen LogP contribution in [0.4, 0.5) is 17.6 Å². The molecular weight excluding hydrogens is 422 g/mol. The standard InChI is InChI=1S/C17H11F4NO2S3/c1-24-16(23)14-5-12(6-26-14)25-8-15-22-13(7-27-15)9-2-10(17(19,20)21)4-11(18)3-9/h2-7H,8H2,1H3. The first-order valence-corrected chi connectivity index (χ1v) is 10.1. The minimum atomic E-state index is -4.62. The summed E-state index contributed by atoms with van der Waals surface area (Å²) in [5.74, 6) is -0.893. The van der Waals surface area contributed by atoms with E-state index in [-0.39, 0.29) is 5.56 Å². The number of aromatic nitrogens is 1. The molecule has 2 heterocycles. The average molecular weight is 433 g/mol. The molecule has 1 aromatic carbocycles. The van der Waals surface area contributed by atoms with Gasteiger partial charge in [0, 0.05) is 21.2 Å². The fourth-order valence-electron chi connectivity index (χ4n) is 2.16. The number of thiophene rings is 1. The van der Waals surface area contributed by atoms with Crippen molar-refractivity contribution in [2.45, 2.75) is 16.8 Å². The lowest BCUT2D eigenvalue weighted by Gasteiger charge is -2.08. The third-order valence-corrected chi connectivity index (χ3v) is 6.47. The van der Waals surface area contributed by atoms with Crippen molar-refractivity contribution in [3.05, 3.63) is 56.3 Å². The van der Waals surface area contributed by atoms with Crippen LogP contribution in [0.15, 0.2) is 39.9 Å². The van der Waals surface area contributed by atoms with Crippen LogP contribution in [0.25, 0.3) is 11.3 Å². The maximum Gasteiger partial charge on any atom is 0.416 e. The van der Waals surface area contributed by atoms with E-state index in [0.717, 1.165) is 17.0 Å². The van der Waals surface area contributed by atoms with Gasteiger partial charge in [-0.25, -0.2) is 14.2 Å². The van der Waals surface area contributed by atoms with Gasteiger partial charge in [0.25, 0.3) is 0 Å². The van der Waals surface area contributed by atoms with E-state index < -0.39 is 23.5 Å². The van der Waals surface area contributed by atoms with E-state index in [1.165, 1.54) is 41.5 Å². The van der Waals surface area contributed by atoms with Crippen LogP contribution in [0.3, 0.4) is 0 Å². The molecule has 0 aliphatic heterocycles. The van der Waals surface area contributed by atoms with Gasteiger partial charge in [0.1, 0.15) is 15.7 Å². The molecule has 0 bridgehead atoms. The lowest BCUT2D eigenvalue weighted by Crippen LogP contribution is -2.05. The summed E-state index contributed by atoms with van der Waals surface area (Å²) >= 11 is 3.98. The van der Waals surface area contributed by atoms with Gasteiger partial charge in [-0.15, -0.1) is 34.4 Å². The van der Waals surface area contributed by atoms with E-state index in [1.807, 2.05) is 5.38 Å². The number of rotatable bonds is 5. The molecule has 0 aliphatic carbocycles. The summed E-state index contributed by atoms with van der Waals surface area (Å²) in [7, 11) is 1.31. The number of esters is 1. The molecule has 0 aliphatic rings. The van der Waals surface area contributed by atoms with E-state index in [9.17, 15) is 22.4 Å². The summed E-state index contributed by atoms with van der Waals surface area (Å²) in [6, 6.07) is 4.08. The molecule has 0 atom stereocenters. The summed E-state index contributed by atoms with van der Waals surface area (Å²) in [6.07, 6.45) is -4.62. The SMILES string of the molecule is COC(=O)c1cc(SCc2nc(-c3cc(F)cc(C(F)(F)F)c3)cs2)cs1. The highest BCUT2D eigenvalue weighted by Crippen LogP contribution is 2.34. The Hall–Kier alpha value is -1.91. The Morgan fingerprint density at radius 3 is 2.67 bits per heavy atom. The maximum atomic E-state index is 13.6. The molecule has 3 rings (SSSR count). The van der Waals surface area contributed by atoms with Crippen molar-refractivity contribution >= 4 is 40.4 Å². The van der Waals surface area contributed by atoms with Gasteiger partial charge in [-0.05, 0) is 24.3 Å². The minimum Gasteiger partial charge on any atom is -0.465 e. The molecule has 0 spiro atoms. The van der Waals surface area contributed by atoms with E-state index in [4.69, 9.17) is 0 Å². The Labute approximate surface area is 164 Å². The first-order valence-electron chi connectivity index (χ1n) is 7.38. The number of ether oxygens (including phenoxy) is 1. The Morgan fingerprint density at radius 1 is 1.19 bits per heavy atom. The predicted molar refractivity (Wildman–Crippen MR) is 97.7 cm³/mol. The van der Waals surface area contributed by atoms with Gasteiger partial charge in [-0.3, -0.25) is 0 Å². The van der Waals surface area contributed by atoms with Crippen LogP contribution in [-0.4, -0.2) is 18.1 Å². The monoisotopic (exact) mass is 433 g/mol. The van der Waals surface area contributed by atoms with Crippen molar-refractivity contribution in [2.24, 2.45) is 0 Å². The number of methoxy groups -OCH3 is 1. The molecule has 3 aromatic rings. The molecular formula is C17H11F4NO2S3. The van der Waals surface area contributed by atoms with Crippen LogP contribution < -0.4 is 0 Å². The normalized spacial score (nSPS) is 11.6. The number of thioether (sulfide) groups is 1. The van der Waals surface area contributed by atoms with E-state index in [1.54, 1.807) is 11.4 Å². The number of thiazole rings is 1. The third-order valence-electron chi connectivity index (χ3n) is 3.40. The molecule has 0 radical (unpaired) electrons. The van der Waals surface area contributed by atoms with Gasteiger partial charge >= 0.3 is 12.1 Å². The molecule has 0 N–H and O–H groups in total.